The molecule has 0 aliphatic heterocycles. The molecule has 0 unspecified atom stereocenters. The number of carboxylic acid groups (broad SMARTS) is 1. The molecule has 0 aliphatic rings. The van der Waals surface area contributed by atoms with Crippen molar-refractivity contribution in [3.05, 3.63) is 42.4 Å². The van der Waals surface area contributed by atoms with Crippen molar-refractivity contribution >= 4 is 33.0 Å². The predicted octanol–water partition coefficient (Wildman–Crippen LogP) is 2.04. The molecule has 8 heteroatoms. The van der Waals surface area contributed by atoms with Crippen LogP contribution in [0.1, 0.15) is 10.5 Å². The van der Waals surface area contributed by atoms with E-state index >= 15 is 0 Å². The highest BCUT2D eigenvalue weighted by Gasteiger charge is 2.15. The number of carbonyl (C=O) groups is 1. The van der Waals surface area contributed by atoms with Crippen molar-refractivity contribution in [1.29, 1.82) is 0 Å². The Hall–Kier alpha value is -2.61. The second kappa shape index (κ2) is 6.02. The summed E-state index contributed by atoms with van der Waals surface area (Å²) in [6.45, 7) is 1.51. The fourth-order valence-electron chi connectivity index (χ4n) is 2.07. The Morgan fingerprint density at radius 1 is 1.41 bits per heavy atom. The van der Waals surface area contributed by atoms with Gasteiger partial charge in [0.2, 0.25) is 5.13 Å². The van der Waals surface area contributed by atoms with Crippen LogP contribution in [0.25, 0.3) is 4.83 Å². The van der Waals surface area contributed by atoms with E-state index in [4.69, 9.17) is 5.11 Å². The maximum Gasteiger partial charge on any atom is 0.357 e. The third-order valence-corrected chi connectivity index (χ3v) is 4.21. The van der Waals surface area contributed by atoms with E-state index in [9.17, 15) is 4.79 Å². The number of aromatic nitrogens is 3. The first-order valence-electron chi connectivity index (χ1n) is 6.72. The maximum absolute atomic E-state index is 11.0. The predicted molar refractivity (Wildman–Crippen MR) is 86.0 cm³/mol. The molecule has 1 aromatic carbocycles. The fourth-order valence-corrected chi connectivity index (χ4v) is 2.97. The molecule has 2 aromatic heterocycles. The molecule has 114 valence electrons. The first-order chi connectivity index (χ1) is 10.6. The van der Waals surface area contributed by atoms with Gasteiger partial charge in [-0.25, -0.2) is 14.3 Å². The Labute approximate surface area is 130 Å². The minimum absolute atomic E-state index is 0.0342. The number of hydrogen-bond donors (Lipinski definition) is 2. The Kier molecular flexibility index (Phi) is 3.92. The number of anilines is 2. The molecule has 0 spiro atoms. The molecule has 0 aliphatic carbocycles. The van der Waals surface area contributed by atoms with E-state index in [1.54, 1.807) is 0 Å². The molecule has 0 atom stereocenters. The highest BCUT2D eigenvalue weighted by atomic mass is 32.1. The molecule has 7 nitrogen and oxygen atoms in total. The van der Waals surface area contributed by atoms with Gasteiger partial charge in [0.1, 0.15) is 6.33 Å². The smallest absolute Gasteiger partial charge is 0.357 e. The number of para-hydroxylation sites is 1. The first kappa shape index (κ1) is 14.3. The molecule has 2 N–H and O–H groups in total. The van der Waals surface area contributed by atoms with Gasteiger partial charge in [0.25, 0.3) is 0 Å². The van der Waals surface area contributed by atoms with Crippen LogP contribution in [0, 0.1) is 0 Å². The van der Waals surface area contributed by atoms with Crippen LogP contribution in [-0.2, 0) is 0 Å². The third kappa shape index (κ3) is 2.86. The van der Waals surface area contributed by atoms with Crippen LogP contribution in [0.4, 0.5) is 10.8 Å². The number of aromatic carboxylic acids is 1. The molecule has 0 saturated carbocycles. The lowest BCUT2D eigenvalue weighted by Crippen LogP contribution is -2.24. The van der Waals surface area contributed by atoms with Gasteiger partial charge in [0.15, 0.2) is 10.5 Å². The van der Waals surface area contributed by atoms with E-state index in [1.165, 1.54) is 22.2 Å². The number of likely N-dealkylation sites (N-methyl/N-ethyl adjacent to an activating group) is 1. The summed E-state index contributed by atoms with van der Waals surface area (Å²) in [5, 5.41) is 17.2. The van der Waals surface area contributed by atoms with Crippen LogP contribution in [0.15, 0.2) is 36.7 Å². The van der Waals surface area contributed by atoms with E-state index in [-0.39, 0.29) is 5.69 Å². The Balaban J connectivity index is 1.61. The van der Waals surface area contributed by atoms with Crippen molar-refractivity contribution in [2.75, 3.05) is 30.4 Å². The summed E-state index contributed by atoms with van der Waals surface area (Å²) in [5.41, 5.74) is 1.18. The summed E-state index contributed by atoms with van der Waals surface area (Å²) >= 11 is 1.29. The van der Waals surface area contributed by atoms with Crippen molar-refractivity contribution in [3.63, 3.8) is 0 Å². The number of nitrogens with zero attached hydrogens (tertiary/aromatic N) is 4. The third-order valence-electron chi connectivity index (χ3n) is 3.22. The molecular weight excluding hydrogens is 302 g/mol. The molecular formula is C14H15N5O2S. The number of benzene rings is 1. The van der Waals surface area contributed by atoms with E-state index in [0.29, 0.717) is 16.5 Å². The largest absolute Gasteiger partial charge is 0.476 e. The topological polar surface area (TPSA) is 82.8 Å². The number of hydrogen-bond acceptors (Lipinski definition) is 6. The first-order valence-corrected chi connectivity index (χ1v) is 7.54. The summed E-state index contributed by atoms with van der Waals surface area (Å²) in [7, 11) is 2.02. The molecule has 0 radical (unpaired) electrons. The van der Waals surface area contributed by atoms with Crippen molar-refractivity contribution in [1.82, 2.24) is 14.6 Å². The molecule has 0 fully saturated rings. The van der Waals surface area contributed by atoms with Gasteiger partial charge in [-0.05, 0) is 12.1 Å². The van der Waals surface area contributed by atoms with E-state index in [1.807, 2.05) is 25.2 Å². The summed E-state index contributed by atoms with van der Waals surface area (Å²) < 4.78 is 1.48. The molecule has 3 rings (SSSR count). The second-order valence-corrected chi connectivity index (χ2v) is 5.72. The molecule has 0 amide bonds. The van der Waals surface area contributed by atoms with Gasteiger partial charge in [-0.2, -0.15) is 0 Å². The molecule has 2 heterocycles. The number of nitrogens with one attached hydrogen (secondary N) is 1. The highest BCUT2D eigenvalue weighted by molar-refractivity contribution is 7.21. The Morgan fingerprint density at radius 2 is 2.18 bits per heavy atom. The lowest BCUT2D eigenvalue weighted by Gasteiger charge is -2.19. The van der Waals surface area contributed by atoms with E-state index in [2.05, 4.69) is 32.4 Å². The normalized spacial score (nSPS) is 10.8. The van der Waals surface area contributed by atoms with Crippen molar-refractivity contribution in [2.45, 2.75) is 0 Å². The molecule has 0 bridgehead atoms. The van der Waals surface area contributed by atoms with Crippen LogP contribution < -0.4 is 10.2 Å². The monoisotopic (exact) mass is 317 g/mol. The Morgan fingerprint density at radius 3 is 2.91 bits per heavy atom. The standard InChI is InChI=1S/C14H15N5O2S/c1-18(10-5-3-2-4-6-10)8-7-15-14-17-19-9-16-11(13(20)21)12(19)22-14/h2-6,9H,7-8H2,1H3,(H,15,17)(H,20,21). The Bertz CT molecular complexity index is 783. The summed E-state index contributed by atoms with van der Waals surface area (Å²) in [6.07, 6.45) is 1.41. The van der Waals surface area contributed by atoms with Gasteiger partial charge in [0.05, 0.1) is 0 Å². The number of imidazole rings is 1. The van der Waals surface area contributed by atoms with Crippen LogP contribution >= 0.6 is 11.3 Å². The second-order valence-electron chi connectivity index (χ2n) is 4.74. The summed E-state index contributed by atoms with van der Waals surface area (Å²) in [6, 6.07) is 10.1. The summed E-state index contributed by atoms with van der Waals surface area (Å²) in [4.78, 5) is 17.5. The molecule has 22 heavy (non-hydrogen) atoms. The fraction of sp³-hybridized carbons (Fsp3) is 0.214. The summed E-state index contributed by atoms with van der Waals surface area (Å²) in [5.74, 6) is -1.04. The average molecular weight is 317 g/mol. The van der Waals surface area contributed by atoms with Gasteiger partial charge in [-0.15, -0.1) is 5.10 Å². The minimum Gasteiger partial charge on any atom is -0.476 e. The zero-order valence-electron chi connectivity index (χ0n) is 11.9. The molecule has 0 saturated heterocycles. The SMILES string of the molecule is CN(CCNc1nn2cnc(C(=O)O)c2s1)c1ccccc1. The average Bonchev–Trinajstić information content (AvgIpc) is 3.07. The minimum atomic E-state index is -1.04. The zero-order chi connectivity index (χ0) is 15.5. The lowest BCUT2D eigenvalue weighted by molar-refractivity contribution is 0.0693. The number of carboxylic acids is 1. The van der Waals surface area contributed by atoms with Gasteiger partial charge in [-0.3, -0.25) is 0 Å². The molecule has 3 aromatic rings. The van der Waals surface area contributed by atoms with Crippen LogP contribution in [-0.4, -0.2) is 45.8 Å². The van der Waals surface area contributed by atoms with Gasteiger partial charge in [0, 0.05) is 25.8 Å². The van der Waals surface area contributed by atoms with Gasteiger partial charge >= 0.3 is 5.97 Å². The lowest BCUT2D eigenvalue weighted by atomic mass is 10.3. The highest BCUT2D eigenvalue weighted by Crippen LogP contribution is 2.22. The van der Waals surface area contributed by atoms with Crippen molar-refractivity contribution in [3.8, 4) is 0 Å². The number of fused-ring (bicyclic) bond motifs is 1. The number of rotatable bonds is 6. The van der Waals surface area contributed by atoms with Gasteiger partial charge in [-0.1, -0.05) is 29.5 Å². The van der Waals surface area contributed by atoms with Crippen molar-refractivity contribution < 1.29 is 9.90 Å². The van der Waals surface area contributed by atoms with Crippen LogP contribution in [0.2, 0.25) is 0 Å². The van der Waals surface area contributed by atoms with Crippen LogP contribution in [0.3, 0.4) is 0 Å². The maximum atomic E-state index is 11.0. The van der Waals surface area contributed by atoms with Crippen molar-refractivity contribution in [2.24, 2.45) is 0 Å². The van der Waals surface area contributed by atoms with Crippen LogP contribution in [0.5, 0.6) is 0 Å². The zero-order valence-corrected chi connectivity index (χ0v) is 12.7. The van der Waals surface area contributed by atoms with E-state index in [0.717, 1.165) is 12.2 Å². The van der Waals surface area contributed by atoms with E-state index < -0.39 is 5.97 Å². The quantitative estimate of drug-likeness (QED) is 0.724. The van der Waals surface area contributed by atoms with Gasteiger partial charge < -0.3 is 15.3 Å².